The molecule has 1 radical (unpaired) electrons. The maximum atomic E-state index is 14.5. The van der Waals surface area contributed by atoms with Gasteiger partial charge in [0.25, 0.3) is 0 Å². The number of nitrogens with one attached hydrogen (secondary N) is 1. The van der Waals surface area contributed by atoms with Gasteiger partial charge in [-0.05, 0) is 91.9 Å². The Labute approximate surface area is 321 Å². The zero-order valence-corrected chi connectivity index (χ0v) is 32.4. The highest BCUT2D eigenvalue weighted by atomic mass is 35.5. The molecule has 0 bridgehead atoms. The number of H-pyrrole nitrogens is 1. The number of hydrogen-bond donors (Lipinski definition) is 1. The van der Waals surface area contributed by atoms with Crippen LogP contribution in [0.3, 0.4) is 0 Å². The minimum atomic E-state index is -4.17. The quantitative estimate of drug-likeness (QED) is 0.162. The molecule has 0 amide bonds. The van der Waals surface area contributed by atoms with Crippen LogP contribution in [0.2, 0.25) is 10.0 Å². The van der Waals surface area contributed by atoms with Gasteiger partial charge >= 0.3 is 0 Å². The number of fused-ring (bicyclic) bond motifs is 1. The lowest BCUT2D eigenvalue weighted by molar-refractivity contribution is 0.140. The van der Waals surface area contributed by atoms with Gasteiger partial charge in [0.2, 0.25) is 21.7 Å². The predicted molar refractivity (Wildman–Crippen MR) is 205 cm³/mol. The van der Waals surface area contributed by atoms with Gasteiger partial charge in [0.05, 0.1) is 37.7 Å². The van der Waals surface area contributed by atoms with Gasteiger partial charge in [-0.1, -0.05) is 54.8 Å². The van der Waals surface area contributed by atoms with Crippen LogP contribution in [-0.2, 0) is 15.1 Å². The average Bonchev–Trinajstić information content (AvgIpc) is 3.62. The van der Waals surface area contributed by atoms with Gasteiger partial charge in [-0.3, -0.25) is 14.9 Å². The summed E-state index contributed by atoms with van der Waals surface area (Å²) in [5.74, 6) is 0.146. The number of hydrogen-bond acceptors (Lipinski definition) is 8. The first-order chi connectivity index (χ1) is 25.4. The summed E-state index contributed by atoms with van der Waals surface area (Å²) >= 11 is 12.9. The minimum absolute atomic E-state index is 0.0628. The van der Waals surface area contributed by atoms with E-state index in [1.54, 1.807) is 12.3 Å². The van der Waals surface area contributed by atoms with Crippen molar-refractivity contribution in [2.75, 3.05) is 52.4 Å². The van der Waals surface area contributed by atoms with E-state index in [2.05, 4.69) is 56.8 Å². The first-order valence-electron chi connectivity index (χ1n) is 18.1. The van der Waals surface area contributed by atoms with Crippen molar-refractivity contribution < 1.29 is 18.3 Å². The van der Waals surface area contributed by atoms with Gasteiger partial charge < -0.3 is 9.72 Å². The standard InChI is InChI=1S/C39H44Cl2N7O4S/c1-39(2)11-7-28(32(20-39)27-3-5-29(40)6-4-27)23-47-17-18-48(34(24-47)36-31-8-13-43-37(31)44-22-35(36)49)53(50,51)30-19-33(41)38(45-21-30)52-25-26-9-14-46(15-10-26)16-12-42/h3-6,8,13,19,21-22,26,34H,7,9-11,14-18,20,23-25H2,1-2H3,(H,43,44). The van der Waals surface area contributed by atoms with Gasteiger partial charge in [0.1, 0.15) is 15.6 Å². The molecule has 1 aliphatic carbocycles. The Kier molecular flexibility index (Phi) is 11.1. The molecule has 7 rings (SSSR count). The summed E-state index contributed by atoms with van der Waals surface area (Å²) < 4.78 is 36.5. The third-order valence-corrected chi connectivity index (χ3v) is 13.4. The Morgan fingerprint density at radius 2 is 1.81 bits per heavy atom. The lowest BCUT2D eigenvalue weighted by Gasteiger charge is -2.42. The van der Waals surface area contributed by atoms with E-state index < -0.39 is 16.1 Å². The zero-order valence-electron chi connectivity index (χ0n) is 30.0. The monoisotopic (exact) mass is 776 g/mol. The molecule has 3 aliphatic rings. The summed E-state index contributed by atoms with van der Waals surface area (Å²) in [6.07, 6.45) is 8.95. The van der Waals surface area contributed by atoms with E-state index in [0.29, 0.717) is 54.4 Å². The molecule has 14 heteroatoms. The van der Waals surface area contributed by atoms with Crippen molar-refractivity contribution in [1.82, 2.24) is 29.1 Å². The molecule has 3 aromatic heterocycles. The van der Waals surface area contributed by atoms with Crippen molar-refractivity contribution in [3.63, 3.8) is 0 Å². The highest BCUT2D eigenvalue weighted by Crippen LogP contribution is 2.45. The van der Waals surface area contributed by atoms with Crippen LogP contribution in [0.4, 0.5) is 0 Å². The van der Waals surface area contributed by atoms with Crippen LogP contribution in [0.15, 0.2) is 65.5 Å². The largest absolute Gasteiger partial charge is 0.476 e. The highest BCUT2D eigenvalue weighted by molar-refractivity contribution is 7.89. The number of halogens is 2. The Hall–Kier alpha value is -3.70. The summed E-state index contributed by atoms with van der Waals surface area (Å²) in [6, 6.07) is 12.6. The van der Waals surface area contributed by atoms with E-state index in [0.717, 1.165) is 50.8 Å². The zero-order chi connectivity index (χ0) is 37.3. The van der Waals surface area contributed by atoms with Crippen LogP contribution in [0.5, 0.6) is 11.6 Å². The molecule has 5 heterocycles. The average molecular weight is 778 g/mol. The van der Waals surface area contributed by atoms with Gasteiger partial charge in [-0.15, -0.1) is 0 Å². The van der Waals surface area contributed by atoms with Crippen LogP contribution in [0, 0.1) is 22.7 Å². The second-order valence-corrected chi connectivity index (χ2v) is 18.0. The first kappa shape index (κ1) is 37.6. The fraction of sp³-hybridized carbons (Fsp3) is 0.462. The SMILES string of the molecule is CC1(C)CCC(CN2CCN(S(=O)(=O)c3cnc(OCC4CCN(CC#N)CC4)c(Cl)c3)C(c3c([O])cnc4[nH]ccc34)C2)=C(c2ccc(Cl)cc2)C1. The number of ether oxygens (including phenoxy) is 1. The van der Waals surface area contributed by atoms with Crippen LogP contribution in [-0.4, -0.2) is 89.9 Å². The number of pyridine rings is 2. The maximum Gasteiger partial charge on any atom is 0.245 e. The highest BCUT2D eigenvalue weighted by Gasteiger charge is 2.41. The number of piperazine rings is 1. The fourth-order valence-corrected chi connectivity index (χ4v) is 9.94. The lowest BCUT2D eigenvalue weighted by atomic mass is 9.72. The van der Waals surface area contributed by atoms with Crippen molar-refractivity contribution in [2.24, 2.45) is 11.3 Å². The van der Waals surface area contributed by atoms with Crippen molar-refractivity contribution in [3.05, 3.63) is 81.7 Å². The number of aromatic nitrogens is 3. The molecular weight excluding hydrogens is 733 g/mol. The van der Waals surface area contributed by atoms with Crippen molar-refractivity contribution in [1.29, 1.82) is 5.26 Å². The number of likely N-dealkylation sites (tertiary alicyclic amines) is 1. The molecule has 4 aromatic rings. The van der Waals surface area contributed by atoms with Crippen molar-refractivity contribution >= 4 is 49.8 Å². The van der Waals surface area contributed by atoms with E-state index in [4.69, 9.17) is 33.2 Å². The minimum Gasteiger partial charge on any atom is -0.476 e. The fourth-order valence-electron chi connectivity index (χ4n) is 7.98. The Morgan fingerprint density at radius 3 is 2.55 bits per heavy atom. The van der Waals surface area contributed by atoms with E-state index >= 15 is 0 Å². The number of aromatic amines is 1. The second-order valence-electron chi connectivity index (χ2n) is 15.2. The molecule has 0 saturated carbocycles. The maximum absolute atomic E-state index is 14.5. The molecule has 2 fully saturated rings. The van der Waals surface area contributed by atoms with Crippen molar-refractivity contribution in [3.8, 4) is 17.7 Å². The summed E-state index contributed by atoms with van der Waals surface area (Å²) in [4.78, 5) is 16.0. The molecule has 1 unspecified atom stereocenters. The third-order valence-electron chi connectivity index (χ3n) is 11.0. The molecule has 1 aromatic carbocycles. The molecule has 1 atom stereocenters. The molecule has 0 spiro atoms. The van der Waals surface area contributed by atoms with Gasteiger partial charge in [0, 0.05) is 48.3 Å². The van der Waals surface area contributed by atoms with E-state index in [1.165, 1.54) is 33.9 Å². The smallest absolute Gasteiger partial charge is 0.245 e. The Morgan fingerprint density at radius 1 is 1.04 bits per heavy atom. The van der Waals surface area contributed by atoms with E-state index in [9.17, 15) is 13.5 Å². The number of sulfonamides is 1. The number of rotatable bonds is 10. The van der Waals surface area contributed by atoms with Crippen molar-refractivity contribution in [2.45, 2.75) is 56.9 Å². The van der Waals surface area contributed by atoms with E-state index in [-0.39, 0.29) is 39.4 Å². The second kappa shape index (κ2) is 15.6. The van der Waals surface area contributed by atoms with Crippen LogP contribution in [0.1, 0.15) is 63.1 Å². The molecule has 2 saturated heterocycles. The van der Waals surface area contributed by atoms with E-state index in [1.807, 2.05) is 12.1 Å². The topological polar surface area (TPSA) is 138 Å². The summed E-state index contributed by atoms with van der Waals surface area (Å²) in [6.45, 7) is 8.67. The molecule has 2 aliphatic heterocycles. The van der Waals surface area contributed by atoms with Crippen LogP contribution < -0.4 is 4.74 Å². The Balaban J connectivity index is 1.16. The number of nitrogens with zero attached hydrogens (tertiary/aromatic N) is 6. The normalized spacial score (nSPS) is 20.8. The predicted octanol–water partition coefficient (Wildman–Crippen LogP) is 7.73. The first-order valence-corrected chi connectivity index (χ1v) is 20.3. The molecular formula is C39H44Cl2N7O4S. The molecule has 279 valence electrons. The summed E-state index contributed by atoms with van der Waals surface area (Å²) in [7, 11) is -4.17. The summed E-state index contributed by atoms with van der Waals surface area (Å²) in [5.41, 5.74) is 4.84. The molecule has 1 N–H and O–H groups in total. The van der Waals surface area contributed by atoms with Gasteiger partial charge in [0.15, 0.2) is 0 Å². The Bertz CT molecular complexity index is 2140. The molecule has 53 heavy (non-hydrogen) atoms. The third kappa shape index (κ3) is 8.21. The number of benzene rings is 1. The number of allylic oxidation sites excluding steroid dienone is 1. The molecule has 11 nitrogen and oxygen atoms in total. The van der Waals surface area contributed by atoms with Gasteiger partial charge in [-0.25, -0.2) is 18.4 Å². The number of nitriles is 1. The van der Waals surface area contributed by atoms with Crippen LogP contribution in [0.25, 0.3) is 16.6 Å². The van der Waals surface area contributed by atoms with Crippen LogP contribution >= 0.6 is 23.2 Å². The number of piperidine rings is 1. The van der Waals surface area contributed by atoms with Gasteiger partial charge in [-0.2, -0.15) is 9.57 Å². The summed E-state index contributed by atoms with van der Waals surface area (Å²) in [5, 5.41) is 24.0. The lowest BCUT2D eigenvalue weighted by Crippen LogP contribution is -2.51.